The van der Waals surface area contributed by atoms with Crippen LogP contribution in [-0.4, -0.2) is 30.2 Å². The zero-order chi connectivity index (χ0) is 14.4. The predicted octanol–water partition coefficient (Wildman–Crippen LogP) is 2.90. The molecule has 0 aliphatic heterocycles. The van der Waals surface area contributed by atoms with E-state index in [1.807, 2.05) is 6.92 Å². The van der Waals surface area contributed by atoms with Crippen LogP contribution in [0.3, 0.4) is 0 Å². The van der Waals surface area contributed by atoms with Gasteiger partial charge < -0.3 is 15.2 Å². The lowest BCUT2D eigenvalue weighted by Gasteiger charge is -2.11. The first-order valence-corrected chi connectivity index (χ1v) is 6.58. The molecule has 1 unspecified atom stereocenters. The van der Waals surface area contributed by atoms with Crippen molar-refractivity contribution in [1.82, 2.24) is 0 Å². The normalized spacial score (nSPS) is 11.9. The number of rotatable bonds is 6. The maximum Gasteiger partial charge on any atom is 0.337 e. The van der Waals surface area contributed by atoms with Gasteiger partial charge in [0, 0.05) is 18.0 Å². The van der Waals surface area contributed by atoms with Crippen molar-refractivity contribution >= 4 is 33.5 Å². The standard InChI is InChI=1S/C13H16BrNO4/c1-8(19-2)3-6-12(16)15-11-5-4-9(14)7-10(11)13(17)18/h4-5,7-8H,3,6H2,1-2H3,(H,15,16)(H,17,18). The molecule has 1 rings (SSSR count). The first-order chi connectivity index (χ1) is 8.93. The van der Waals surface area contributed by atoms with Crippen LogP contribution < -0.4 is 5.32 Å². The second-order valence-electron chi connectivity index (χ2n) is 4.13. The molecule has 0 heterocycles. The second-order valence-corrected chi connectivity index (χ2v) is 5.04. The molecule has 0 saturated heterocycles. The van der Waals surface area contributed by atoms with Gasteiger partial charge in [0.25, 0.3) is 0 Å². The van der Waals surface area contributed by atoms with E-state index in [4.69, 9.17) is 9.84 Å². The van der Waals surface area contributed by atoms with Gasteiger partial charge in [0.15, 0.2) is 0 Å². The highest BCUT2D eigenvalue weighted by Crippen LogP contribution is 2.21. The topological polar surface area (TPSA) is 75.6 Å². The van der Waals surface area contributed by atoms with E-state index in [-0.39, 0.29) is 24.0 Å². The quantitative estimate of drug-likeness (QED) is 0.841. The van der Waals surface area contributed by atoms with Crippen molar-refractivity contribution in [3.8, 4) is 0 Å². The maximum atomic E-state index is 11.7. The van der Waals surface area contributed by atoms with Crippen LogP contribution in [0.4, 0.5) is 5.69 Å². The molecule has 5 nitrogen and oxygen atoms in total. The molecule has 2 N–H and O–H groups in total. The molecule has 1 amide bonds. The zero-order valence-electron chi connectivity index (χ0n) is 10.8. The number of ether oxygens (including phenoxy) is 1. The minimum absolute atomic E-state index is 0.00499. The van der Waals surface area contributed by atoms with Crippen molar-refractivity contribution in [1.29, 1.82) is 0 Å². The maximum absolute atomic E-state index is 11.7. The Bertz CT molecular complexity index is 476. The van der Waals surface area contributed by atoms with Crippen molar-refractivity contribution in [2.75, 3.05) is 12.4 Å². The first-order valence-electron chi connectivity index (χ1n) is 5.79. The van der Waals surface area contributed by atoms with Crippen LogP contribution in [-0.2, 0) is 9.53 Å². The number of hydrogen-bond acceptors (Lipinski definition) is 3. The molecule has 1 aromatic rings. The molecule has 19 heavy (non-hydrogen) atoms. The smallest absolute Gasteiger partial charge is 0.337 e. The van der Waals surface area contributed by atoms with Crippen LogP contribution in [0.5, 0.6) is 0 Å². The van der Waals surface area contributed by atoms with E-state index in [0.29, 0.717) is 16.6 Å². The lowest BCUT2D eigenvalue weighted by Crippen LogP contribution is -2.17. The van der Waals surface area contributed by atoms with Crippen molar-refractivity contribution in [2.24, 2.45) is 0 Å². The summed E-state index contributed by atoms with van der Waals surface area (Å²) in [5.74, 6) is -1.31. The summed E-state index contributed by atoms with van der Waals surface area (Å²) in [6, 6.07) is 4.70. The van der Waals surface area contributed by atoms with Crippen LogP contribution in [0.25, 0.3) is 0 Å². The molecule has 0 aliphatic carbocycles. The van der Waals surface area contributed by atoms with Crippen LogP contribution in [0.2, 0.25) is 0 Å². The summed E-state index contributed by atoms with van der Waals surface area (Å²) in [7, 11) is 1.58. The van der Waals surface area contributed by atoms with Crippen molar-refractivity contribution in [2.45, 2.75) is 25.9 Å². The first kappa shape index (κ1) is 15.7. The minimum atomic E-state index is -1.08. The molecule has 1 atom stereocenters. The Balaban J connectivity index is 2.71. The van der Waals surface area contributed by atoms with E-state index in [9.17, 15) is 9.59 Å². The van der Waals surface area contributed by atoms with E-state index in [2.05, 4.69) is 21.2 Å². The summed E-state index contributed by atoms with van der Waals surface area (Å²) in [5.41, 5.74) is 0.355. The number of hydrogen-bond donors (Lipinski definition) is 2. The van der Waals surface area contributed by atoms with Gasteiger partial charge in [0.2, 0.25) is 5.91 Å². The Morgan fingerprint density at radius 3 is 2.74 bits per heavy atom. The number of carbonyl (C=O) groups excluding carboxylic acids is 1. The summed E-state index contributed by atoms with van der Waals surface area (Å²) < 4.78 is 5.70. The Kier molecular flexibility index (Phi) is 5.98. The number of nitrogens with one attached hydrogen (secondary N) is 1. The zero-order valence-corrected chi connectivity index (χ0v) is 12.4. The highest BCUT2D eigenvalue weighted by Gasteiger charge is 2.13. The van der Waals surface area contributed by atoms with Gasteiger partial charge >= 0.3 is 5.97 Å². The molecular formula is C13H16BrNO4. The van der Waals surface area contributed by atoms with Gasteiger partial charge in [0.1, 0.15) is 0 Å². The third-order valence-electron chi connectivity index (χ3n) is 2.67. The summed E-state index contributed by atoms with van der Waals surface area (Å²) in [4.78, 5) is 22.8. The van der Waals surface area contributed by atoms with Gasteiger partial charge in [-0.2, -0.15) is 0 Å². The number of methoxy groups -OCH3 is 1. The van der Waals surface area contributed by atoms with Crippen molar-refractivity contribution < 1.29 is 19.4 Å². The highest BCUT2D eigenvalue weighted by atomic mass is 79.9. The predicted molar refractivity (Wildman–Crippen MR) is 75.4 cm³/mol. The molecule has 0 spiro atoms. The van der Waals surface area contributed by atoms with Gasteiger partial charge in [-0.1, -0.05) is 15.9 Å². The van der Waals surface area contributed by atoms with E-state index >= 15 is 0 Å². The number of carboxylic acid groups (broad SMARTS) is 1. The minimum Gasteiger partial charge on any atom is -0.478 e. The van der Waals surface area contributed by atoms with Gasteiger partial charge in [-0.25, -0.2) is 4.79 Å². The lowest BCUT2D eigenvalue weighted by molar-refractivity contribution is -0.116. The number of anilines is 1. The fourth-order valence-corrected chi connectivity index (χ4v) is 1.83. The van der Waals surface area contributed by atoms with E-state index in [0.717, 1.165) is 0 Å². The third kappa shape index (κ3) is 5.00. The number of amides is 1. The molecule has 6 heteroatoms. The Hall–Kier alpha value is -1.40. The fourth-order valence-electron chi connectivity index (χ4n) is 1.47. The van der Waals surface area contributed by atoms with Gasteiger partial charge in [0.05, 0.1) is 17.4 Å². The fraction of sp³-hybridized carbons (Fsp3) is 0.385. The number of carbonyl (C=O) groups is 2. The molecule has 0 fully saturated rings. The highest BCUT2D eigenvalue weighted by molar-refractivity contribution is 9.10. The van der Waals surface area contributed by atoms with Gasteiger partial charge in [-0.15, -0.1) is 0 Å². The van der Waals surface area contributed by atoms with Gasteiger partial charge in [-0.3, -0.25) is 4.79 Å². The monoisotopic (exact) mass is 329 g/mol. The Morgan fingerprint density at radius 2 is 2.16 bits per heavy atom. The van der Waals surface area contributed by atoms with Crippen LogP contribution in [0, 0.1) is 0 Å². The molecule has 0 radical (unpaired) electrons. The number of benzene rings is 1. The van der Waals surface area contributed by atoms with Crippen LogP contribution >= 0.6 is 15.9 Å². The number of carboxylic acids is 1. The summed E-state index contributed by atoms with van der Waals surface area (Å²) >= 11 is 3.20. The number of halogens is 1. The van der Waals surface area contributed by atoms with Crippen molar-refractivity contribution in [3.05, 3.63) is 28.2 Å². The van der Waals surface area contributed by atoms with Gasteiger partial charge in [-0.05, 0) is 31.5 Å². The Labute approximate surface area is 120 Å². The molecule has 104 valence electrons. The van der Waals surface area contributed by atoms with E-state index < -0.39 is 5.97 Å². The molecular weight excluding hydrogens is 314 g/mol. The number of aromatic carboxylic acids is 1. The summed E-state index contributed by atoms with van der Waals surface area (Å²) in [5, 5.41) is 11.7. The molecule has 1 aromatic carbocycles. The summed E-state index contributed by atoms with van der Waals surface area (Å²) in [6.07, 6.45) is 0.861. The van der Waals surface area contributed by atoms with E-state index in [1.54, 1.807) is 19.2 Å². The molecule has 0 aliphatic rings. The largest absolute Gasteiger partial charge is 0.478 e. The third-order valence-corrected chi connectivity index (χ3v) is 3.16. The second kappa shape index (κ2) is 7.25. The molecule has 0 aromatic heterocycles. The molecule has 0 bridgehead atoms. The Morgan fingerprint density at radius 1 is 1.47 bits per heavy atom. The lowest BCUT2D eigenvalue weighted by atomic mass is 10.1. The average molecular weight is 330 g/mol. The summed E-state index contributed by atoms with van der Waals surface area (Å²) in [6.45, 7) is 1.87. The van der Waals surface area contributed by atoms with Crippen LogP contribution in [0.15, 0.2) is 22.7 Å². The average Bonchev–Trinajstić information content (AvgIpc) is 2.37. The van der Waals surface area contributed by atoms with E-state index in [1.165, 1.54) is 6.07 Å². The SMILES string of the molecule is COC(C)CCC(=O)Nc1ccc(Br)cc1C(=O)O. The van der Waals surface area contributed by atoms with Crippen LogP contribution in [0.1, 0.15) is 30.1 Å². The molecule has 0 saturated carbocycles. The van der Waals surface area contributed by atoms with Crippen molar-refractivity contribution in [3.63, 3.8) is 0 Å².